The molecule has 2 aromatic rings. The summed E-state index contributed by atoms with van der Waals surface area (Å²) in [6.07, 6.45) is 3.60. The molecule has 0 unspecified atom stereocenters. The number of methoxy groups -OCH3 is 1. The molecule has 1 aromatic heterocycles. The molecule has 3 N–H and O–H groups in total. The van der Waals surface area contributed by atoms with E-state index in [1.807, 2.05) is 0 Å². The number of rotatable bonds is 4. The smallest absolute Gasteiger partial charge is 0.253 e. The van der Waals surface area contributed by atoms with Gasteiger partial charge in [0.1, 0.15) is 5.75 Å². The number of amides is 1. The van der Waals surface area contributed by atoms with Crippen LogP contribution in [-0.4, -0.2) is 13.0 Å². The molecule has 1 heterocycles. The molecule has 21 heavy (non-hydrogen) atoms. The second-order valence-electron chi connectivity index (χ2n) is 5.15. The Bertz CT molecular complexity index is 657. The van der Waals surface area contributed by atoms with E-state index in [0.717, 1.165) is 0 Å². The molecule has 1 aliphatic carbocycles. The third-order valence-corrected chi connectivity index (χ3v) is 4.96. The zero-order chi connectivity index (χ0) is 14.8. The average molecular weight is 302 g/mol. The third-order valence-electron chi connectivity index (χ3n) is 3.73. The summed E-state index contributed by atoms with van der Waals surface area (Å²) >= 11 is 1.80. The second-order valence-corrected chi connectivity index (χ2v) is 6.37. The number of fused-ring (bicyclic) bond motifs is 1. The van der Waals surface area contributed by atoms with Crippen LogP contribution in [0.3, 0.4) is 0 Å². The number of nitrogens with two attached hydrogens (primary N) is 1. The van der Waals surface area contributed by atoms with Crippen molar-refractivity contribution in [1.29, 1.82) is 0 Å². The van der Waals surface area contributed by atoms with Crippen LogP contribution in [0.5, 0.6) is 5.75 Å². The molecule has 4 nitrogen and oxygen atoms in total. The summed E-state index contributed by atoms with van der Waals surface area (Å²) in [5.74, 6) is 0.462. The molecule has 110 valence electrons. The molecular formula is C16H18N2O2S. The fourth-order valence-electron chi connectivity index (χ4n) is 2.60. The van der Waals surface area contributed by atoms with Gasteiger partial charge < -0.3 is 15.8 Å². The minimum Gasteiger partial charge on any atom is -0.497 e. The van der Waals surface area contributed by atoms with E-state index in [2.05, 4.69) is 11.4 Å². The van der Waals surface area contributed by atoms with Crippen LogP contribution < -0.4 is 15.8 Å². The van der Waals surface area contributed by atoms with Crippen molar-refractivity contribution in [2.75, 3.05) is 12.8 Å². The number of carbonyl (C=O) groups excluding carboxylic acids is 1. The average Bonchev–Trinajstić information content (AvgIpc) is 3.06. The van der Waals surface area contributed by atoms with E-state index in [1.165, 1.54) is 34.6 Å². The zero-order valence-corrected chi connectivity index (χ0v) is 12.8. The monoisotopic (exact) mass is 302 g/mol. The number of ether oxygens (including phenoxy) is 1. The Morgan fingerprint density at radius 1 is 1.38 bits per heavy atom. The maximum Gasteiger partial charge on any atom is 0.253 e. The number of hydrogen-bond acceptors (Lipinski definition) is 4. The number of benzene rings is 1. The predicted molar refractivity (Wildman–Crippen MR) is 84.9 cm³/mol. The molecule has 0 saturated heterocycles. The van der Waals surface area contributed by atoms with Crippen molar-refractivity contribution in [2.24, 2.45) is 0 Å². The third kappa shape index (κ3) is 2.88. The first-order valence-electron chi connectivity index (χ1n) is 6.99. The lowest BCUT2D eigenvalue weighted by Gasteiger charge is -2.08. The molecule has 0 fully saturated rings. The van der Waals surface area contributed by atoms with Crippen molar-refractivity contribution < 1.29 is 9.53 Å². The van der Waals surface area contributed by atoms with Crippen LogP contribution in [0.1, 0.15) is 32.1 Å². The summed E-state index contributed by atoms with van der Waals surface area (Å²) in [4.78, 5) is 14.9. The summed E-state index contributed by atoms with van der Waals surface area (Å²) in [7, 11) is 1.57. The van der Waals surface area contributed by atoms with Crippen LogP contribution in [0.25, 0.3) is 0 Å². The van der Waals surface area contributed by atoms with Gasteiger partial charge in [-0.05, 0) is 49.1 Å². The van der Waals surface area contributed by atoms with Gasteiger partial charge in [0, 0.05) is 15.4 Å². The number of anilines is 1. The van der Waals surface area contributed by atoms with Gasteiger partial charge >= 0.3 is 0 Å². The number of nitrogens with one attached hydrogen (secondary N) is 1. The Morgan fingerprint density at radius 3 is 3.00 bits per heavy atom. The van der Waals surface area contributed by atoms with Crippen molar-refractivity contribution >= 4 is 22.9 Å². The van der Waals surface area contributed by atoms with Gasteiger partial charge in [0.05, 0.1) is 19.2 Å². The largest absolute Gasteiger partial charge is 0.497 e. The summed E-state index contributed by atoms with van der Waals surface area (Å²) in [6.45, 7) is 0.549. The number of thiophene rings is 1. The van der Waals surface area contributed by atoms with Gasteiger partial charge in [0.25, 0.3) is 5.91 Å². The molecule has 0 aliphatic heterocycles. The first-order valence-corrected chi connectivity index (χ1v) is 7.81. The zero-order valence-electron chi connectivity index (χ0n) is 11.9. The topological polar surface area (TPSA) is 64.3 Å². The minimum absolute atomic E-state index is 0.167. The number of aryl methyl sites for hydroxylation is 2. The van der Waals surface area contributed by atoms with Crippen molar-refractivity contribution in [1.82, 2.24) is 5.32 Å². The van der Waals surface area contributed by atoms with Crippen LogP contribution in [0, 0.1) is 0 Å². The van der Waals surface area contributed by atoms with E-state index in [4.69, 9.17) is 10.5 Å². The summed E-state index contributed by atoms with van der Waals surface area (Å²) in [5.41, 5.74) is 8.23. The van der Waals surface area contributed by atoms with Gasteiger partial charge in [0.2, 0.25) is 0 Å². The fraction of sp³-hybridized carbons (Fsp3) is 0.312. The lowest BCUT2D eigenvalue weighted by molar-refractivity contribution is 0.0952. The molecule has 1 aliphatic rings. The molecule has 0 bridgehead atoms. The van der Waals surface area contributed by atoms with Crippen molar-refractivity contribution in [3.05, 3.63) is 45.1 Å². The van der Waals surface area contributed by atoms with Gasteiger partial charge in [-0.3, -0.25) is 4.79 Å². The van der Waals surface area contributed by atoms with Crippen molar-refractivity contribution in [3.63, 3.8) is 0 Å². The molecule has 0 spiro atoms. The highest BCUT2D eigenvalue weighted by molar-refractivity contribution is 7.12. The molecule has 5 heteroatoms. The molecule has 0 atom stereocenters. The quantitative estimate of drug-likeness (QED) is 0.854. The van der Waals surface area contributed by atoms with Crippen LogP contribution in [-0.2, 0) is 19.4 Å². The summed E-state index contributed by atoms with van der Waals surface area (Å²) < 4.78 is 5.13. The molecule has 3 rings (SSSR count). The van der Waals surface area contributed by atoms with Crippen LogP contribution in [0.15, 0.2) is 24.3 Å². The Hall–Kier alpha value is -2.01. The number of nitrogen functional groups attached to an aromatic ring is 1. The van der Waals surface area contributed by atoms with Crippen LogP contribution in [0.2, 0.25) is 0 Å². The fourth-order valence-corrected chi connectivity index (χ4v) is 3.80. The van der Waals surface area contributed by atoms with E-state index in [0.29, 0.717) is 23.5 Å². The van der Waals surface area contributed by atoms with E-state index in [9.17, 15) is 4.79 Å². The van der Waals surface area contributed by atoms with E-state index in [-0.39, 0.29) is 5.91 Å². The Balaban J connectivity index is 1.68. The molecular weight excluding hydrogens is 284 g/mol. The molecule has 1 aromatic carbocycles. The predicted octanol–water partition coefficient (Wildman–Crippen LogP) is 2.76. The molecule has 0 radical (unpaired) electrons. The Morgan fingerprint density at radius 2 is 2.24 bits per heavy atom. The van der Waals surface area contributed by atoms with Crippen LogP contribution >= 0.6 is 11.3 Å². The Kier molecular flexibility index (Phi) is 3.84. The SMILES string of the molecule is COc1ccc(N)c(C(=O)NCc2cc3c(s2)CCC3)c1. The Labute approximate surface area is 127 Å². The standard InChI is InChI=1S/C16H18N2O2S/c1-20-11-5-6-14(17)13(8-11)16(19)18-9-12-7-10-3-2-4-15(10)21-12/h5-8H,2-4,9,17H2,1H3,(H,18,19). The van der Waals surface area contributed by atoms with Gasteiger partial charge in [0.15, 0.2) is 0 Å². The first-order chi connectivity index (χ1) is 10.2. The summed E-state index contributed by atoms with van der Waals surface area (Å²) in [6, 6.07) is 7.31. The second kappa shape index (κ2) is 5.77. The normalized spacial score (nSPS) is 13.0. The van der Waals surface area contributed by atoms with E-state index >= 15 is 0 Å². The van der Waals surface area contributed by atoms with E-state index < -0.39 is 0 Å². The molecule has 0 saturated carbocycles. The molecule has 1 amide bonds. The summed E-state index contributed by atoms with van der Waals surface area (Å²) in [5, 5.41) is 2.93. The number of carbonyl (C=O) groups is 1. The lowest BCUT2D eigenvalue weighted by Crippen LogP contribution is -2.23. The highest BCUT2D eigenvalue weighted by Gasteiger charge is 2.16. The van der Waals surface area contributed by atoms with Crippen LogP contribution in [0.4, 0.5) is 5.69 Å². The maximum absolute atomic E-state index is 12.2. The highest BCUT2D eigenvalue weighted by atomic mass is 32.1. The van der Waals surface area contributed by atoms with Gasteiger partial charge in [-0.15, -0.1) is 11.3 Å². The van der Waals surface area contributed by atoms with Crippen molar-refractivity contribution in [3.8, 4) is 5.75 Å². The van der Waals surface area contributed by atoms with Gasteiger partial charge in [-0.2, -0.15) is 0 Å². The maximum atomic E-state index is 12.2. The van der Waals surface area contributed by atoms with Gasteiger partial charge in [-0.25, -0.2) is 0 Å². The van der Waals surface area contributed by atoms with Gasteiger partial charge in [-0.1, -0.05) is 0 Å². The highest BCUT2D eigenvalue weighted by Crippen LogP contribution is 2.30. The van der Waals surface area contributed by atoms with E-state index in [1.54, 1.807) is 36.6 Å². The van der Waals surface area contributed by atoms with Crippen molar-refractivity contribution in [2.45, 2.75) is 25.8 Å². The number of hydrogen-bond donors (Lipinski definition) is 2. The lowest BCUT2D eigenvalue weighted by atomic mass is 10.1. The first kappa shape index (κ1) is 13.9. The minimum atomic E-state index is -0.167.